The normalized spacial score (nSPS) is 13.4. The number of nitrogens with two attached hydrogens (primary N) is 1. The van der Waals surface area contributed by atoms with Crippen LogP contribution in [0.1, 0.15) is 52.1 Å². The van der Waals surface area contributed by atoms with Gasteiger partial charge in [0.1, 0.15) is 0 Å². The third-order valence-corrected chi connectivity index (χ3v) is 4.22. The Morgan fingerprint density at radius 2 is 1.75 bits per heavy atom. The average Bonchev–Trinajstić information content (AvgIpc) is 2.42. The second kappa shape index (κ2) is 8.66. The molecule has 0 aliphatic rings. The number of halogens is 1. The highest BCUT2D eigenvalue weighted by molar-refractivity contribution is 6.31. The molecule has 0 spiro atoms. The van der Waals surface area contributed by atoms with Gasteiger partial charge in [-0.05, 0) is 30.4 Å². The molecule has 20 heavy (non-hydrogen) atoms. The van der Waals surface area contributed by atoms with Gasteiger partial charge >= 0.3 is 0 Å². The van der Waals surface area contributed by atoms with E-state index in [1.807, 2.05) is 18.2 Å². The smallest absolute Gasteiger partial charge is 0.0488 e. The Kier molecular flexibility index (Phi) is 7.57. The van der Waals surface area contributed by atoms with Gasteiger partial charge < -0.3 is 5.73 Å². The Bertz CT molecular complexity index is 388. The van der Waals surface area contributed by atoms with E-state index in [1.54, 1.807) is 0 Å². The lowest BCUT2D eigenvalue weighted by Gasteiger charge is -2.38. The summed E-state index contributed by atoms with van der Waals surface area (Å²) < 4.78 is 0. The first-order valence-corrected chi connectivity index (χ1v) is 8.13. The zero-order valence-corrected chi connectivity index (χ0v) is 14.0. The van der Waals surface area contributed by atoms with Crippen LogP contribution in [0.25, 0.3) is 0 Å². The zero-order valence-electron chi connectivity index (χ0n) is 13.3. The Morgan fingerprint density at radius 1 is 1.15 bits per heavy atom. The maximum Gasteiger partial charge on any atom is 0.0488 e. The van der Waals surface area contributed by atoms with Crippen molar-refractivity contribution in [3.05, 3.63) is 34.9 Å². The molecule has 0 radical (unpaired) electrons. The van der Waals surface area contributed by atoms with Gasteiger partial charge in [0.25, 0.3) is 0 Å². The highest BCUT2D eigenvalue weighted by Crippen LogP contribution is 2.30. The molecule has 1 aromatic rings. The quantitative estimate of drug-likeness (QED) is 0.766. The Morgan fingerprint density at radius 3 is 2.20 bits per heavy atom. The monoisotopic (exact) mass is 296 g/mol. The second-order valence-corrected chi connectivity index (χ2v) is 6.24. The van der Waals surface area contributed by atoms with Gasteiger partial charge in [-0.1, -0.05) is 57.5 Å². The maximum atomic E-state index is 6.39. The van der Waals surface area contributed by atoms with Gasteiger partial charge in [-0.2, -0.15) is 0 Å². The van der Waals surface area contributed by atoms with Crippen molar-refractivity contribution in [1.82, 2.24) is 4.90 Å². The lowest BCUT2D eigenvalue weighted by atomic mass is 9.99. The van der Waals surface area contributed by atoms with Crippen LogP contribution in [-0.4, -0.2) is 24.0 Å². The van der Waals surface area contributed by atoms with Crippen LogP contribution in [0.2, 0.25) is 5.02 Å². The van der Waals surface area contributed by atoms with Crippen LogP contribution in [0.15, 0.2) is 24.3 Å². The summed E-state index contributed by atoms with van der Waals surface area (Å²) in [5.41, 5.74) is 7.25. The van der Waals surface area contributed by atoms with Crippen molar-refractivity contribution in [3.63, 3.8) is 0 Å². The van der Waals surface area contributed by atoms with E-state index in [0.29, 0.717) is 18.5 Å². The fraction of sp³-hybridized carbons (Fsp3) is 0.647. The predicted octanol–water partition coefficient (Wildman–Crippen LogP) is 4.49. The van der Waals surface area contributed by atoms with Gasteiger partial charge in [0, 0.05) is 30.2 Å². The highest BCUT2D eigenvalue weighted by atomic mass is 35.5. The molecule has 114 valence electrons. The van der Waals surface area contributed by atoms with Crippen molar-refractivity contribution in [3.8, 4) is 0 Å². The number of nitrogens with zero attached hydrogens (tertiary/aromatic N) is 1. The largest absolute Gasteiger partial charge is 0.329 e. The third-order valence-electron chi connectivity index (χ3n) is 3.88. The van der Waals surface area contributed by atoms with Gasteiger partial charge in [0.2, 0.25) is 0 Å². The third kappa shape index (κ3) is 4.47. The molecule has 2 nitrogen and oxygen atoms in total. The number of hydrogen-bond donors (Lipinski definition) is 1. The van der Waals surface area contributed by atoms with Crippen LogP contribution in [-0.2, 0) is 0 Å². The van der Waals surface area contributed by atoms with Crippen LogP contribution >= 0.6 is 11.6 Å². The van der Waals surface area contributed by atoms with Crippen molar-refractivity contribution in [2.24, 2.45) is 11.7 Å². The molecule has 1 rings (SSSR count). The van der Waals surface area contributed by atoms with Crippen molar-refractivity contribution in [2.45, 2.75) is 52.6 Å². The Labute approximate surface area is 129 Å². The Hall–Kier alpha value is -0.570. The summed E-state index contributed by atoms with van der Waals surface area (Å²) in [4.78, 5) is 2.55. The first-order valence-electron chi connectivity index (χ1n) is 7.75. The zero-order chi connectivity index (χ0) is 15.1. The van der Waals surface area contributed by atoms with E-state index in [1.165, 1.54) is 0 Å². The summed E-state index contributed by atoms with van der Waals surface area (Å²) in [6.07, 6.45) is 2.29. The molecule has 3 heteroatoms. The van der Waals surface area contributed by atoms with Crippen LogP contribution in [0, 0.1) is 5.92 Å². The molecule has 1 atom stereocenters. The van der Waals surface area contributed by atoms with Crippen LogP contribution in [0.4, 0.5) is 0 Å². The minimum Gasteiger partial charge on any atom is -0.329 e. The van der Waals surface area contributed by atoms with E-state index in [-0.39, 0.29) is 6.04 Å². The van der Waals surface area contributed by atoms with Crippen LogP contribution in [0.3, 0.4) is 0 Å². The van der Waals surface area contributed by atoms with E-state index in [9.17, 15) is 0 Å². The number of rotatable bonds is 8. The van der Waals surface area contributed by atoms with Crippen molar-refractivity contribution >= 4 is 11.6 Å². The van der Waals surface area contributed by atoms with Crippen molar-refractivity contribution in [1.29, 1.82) is 0 Å². The Balaban J connectivity index is 3.10. The second-order valence-electron chi connectivity index (χ2n) is 5.83. The topological polar surface area (TPSA) is 29.3 Å². The average molecular weight is 297 g/mol. The van der Waals surface area contributed by atoms with E-state index in [0.717, 1.165) is 30.0 Å². The van der Waals surface area contributed by atoms with Crippen molar-refractivity contribution in [2.75, 3.05) is 13.1 Å². The summed E-state index contributed by atoms with van der Waals surface area (Å²) >= 11 is 6.39. The molecular weight excluding hydrogens is 268 g/mol. The van der Waals surface area contributed by atoms with Gasteiger partial charge in [-0.25, -0.2) is 0 Å². The highest BCUT2D eigenvalue weighted by Gasteiger charge is 2.26. The summed E-state index contributed by atoms with van der Waals surface area (Å²) in [5.74, 6) is 0.618. The fourth-order valence-electron chi connectivity index (χ4n) is 2.90. The van der Waals surface area contributed by atoms with Gasteiger partial charge in [-0.3, -0.25) is 4.90 Å². The molecular formula is C17H29ClN2. The maximum absolute atomic E-state index is 6.39. The molecule has 1 unspecified atom stereocenters. The van der Waals surface area contributed by atoms with Crippen molar-refractivity contribution < 1.29 is 0 Å². The lowest BCUT2D eigenvalue weighted by molar-refractivity contribution is 0.112. The molecule has 2 N–H and O–H groups in total. The summed E-state index contributed by atoms with van der Waals surface area (Å²) in [6, 6.07) is 8.85. The summed E-state index contributed by atoms with van der Waals surface area (Å²) in [6.45, 7) is 10.7. The van der Waals surface area contributed by atoms with Crippen LogP contribution < -0.4 is 5.73 Å². The number of hydrogen-bond acceptors (Lipinski definition) is 2. The fourth-order valence-corrected chi connectivity index (χ4v) is 3.16. The lowest BCUT2D eigenvalue weighted by Crippen LogP contribution is -2.43. The van der Waals surface area contributed by atoms with E-state index < -0.39 is 0 Å². The van der Waals surface area contributed by atoms with Gasteiger partial charge in [0.05, 0.1) is 0 Å². The first kappa shape index (κ1) is 17.5. The minimum absolute atomic E-state index is 0.205. The molecule has 0 saturated heterocycles. The van der Waals surface area contributed by atoms with E-state index in [4.69, 9.17) is 17.3 Å². The molecule has 0 fully saturated rings. The van der Waals surface area contributed by atoms with Crippen LogP contribution in [0.5, 0.6) is 0 Å². The van der Waals surface area contributed by atoms with Gasteiger partial charge in [0.15, 0.2) is 0 Å². The SMILES string of the molecule is CCC(CC)N(CC(C)C)C(CN)c1ccccc1Cl. The molecule has 0 aliphatic heterocycles. The molecule has 0 saturated carbocycles. The van der Waals surface area contributed by atoms with Gasteiger partial charge in [-0.15, -0.1) is 0 Å². The number of benzene rings is 1. The molecule has 0 aromatic heterocycles. The molecule has 0 amide bonds. The first-order chi connectivity index (χ1) is 9.54. The van der Waals surface area contributed by atoms with E-state index >= 15 is 0 Å². The summed E-state index contributed by atoms with van der Waals surface area (Å²) in [7, 11) is 0. The van der Waals surface area contributed by atoms with E-state index in [2.05, 4.69) is 38.7 Å². The molecule has 0 heterocycles. The molecule has 1 aromatic carbocycles. The predicted molar refractivity (Wildman–Crippen MR) is 89.2 cm³/mol. The molecule has 0 bridgehead atoms. The standard InChI is InChI=1S/C17H29ClN2/c1-5-14(6-2)20(12-13(3)4)17(11-19)15-9-7-8-10-16(15)18/h7-10,13-14,17H,5-6,11-12,19H2,1-4H3. The molecule has 0 aliphatic carbocycles. The summed E-state index contributed by atoms with van der Waals surface area (Å²) in [5, 5.41) is 0.822. The minimum atomic E-state index is 0.205.